The summed E-state index contributed by atoms with van der Waals surface area (Å²) in [5.41, 5.74) is 5.02. The van der Waals surface area contributed by atoms with Crippen LogP contribution in [0.2, 0.25) is 0 Å². The lowest BCUT2D eigenvalue weighted by atomic mass is 9.79. The number of para-hydroxylation sites is 1. The molecule has 356 valence electrons. The molecule has 0 aliphatic heterocycles. The lowest BCUT2D eigenvalue weighted by Gasteiger charge is -2.28. The number of aromatic hydroxyl groups is 1. The summed E-state index contributed by atoms with van der Waals surface area (Å²) in [6.45, 7) is 17.8. The Morgan fingerprint density at radius 2 is 1.17 bits per heavy atom. The highest BCUT2D eigenvalue weighted by Gasteiger charge is 2.30. The van der Waals surface area contributed by atoms with Crippen molar-refractivity contribution in [2.24, 2.45) is 0 Å². The molecule has 4 heteroatoms. The van der Waals surface area contributed by atoms with Crippen LogP contribution in [0.25, 0.3) is 72.7 Å². The monoisotopic (exact) mass is 928 g/mol. The quantitative estimate of drug-likeness (QED) is 0.173. The third-order valence-electron chi connectivity index (χ3n) is 13.0. The van der Waals surface area contributed by atoms with Crippen LogP contribution in [0.3, 0.4) is 0 Å². The van der Waals surface area contributed by atoms with Crippen molar-refractivity contribution in [3.63, 3.8) is 0 Å². The maximum atomic E-state index is 12.6. The van der Waals surface area contributed by atoms with Crippen LogP contribution in [0.4, 0.5) is 0 Å². The van der Waals surface area contributed by atoms with Gasteiger partial charge in [0, 0.05) is 42.3 Å². The van der Waals surface area contributed by atoms with Crippen LogP contribution in [0.5, 0.6) is 5.75 Å². The molecule has 0 spiro atoms. The zero-order valence-electron chi connectivity index (χ0n) is 56.7. The molecular formula is C65H75N3O. The molecule has 0 amide bonds. The molecule has 8 rings (SSSR count). The predicted octanol–water partition coefficient (Wildman–Crippen LogP) is 18.1. The lowest BCUT2D eigenvalue weighted by Crippen LogP contribution is -2.17. The summed E-state index contributed by atoms with van der Waals surface area (Å²) in [6.07, 6.45) is 1.43. The number of hydrogen-bond donors (Lipinski definition) is 1. The van der Waals surface area contributed by atoms with Crippen LogP contribution < -0.4 is 0 Å². The standard InChI is InChI=1S/C65H75N3O/c1-40(2)52-39-48(29-30-50(52)51-21-18-19-23-54(51)64(12,13)14)68-57-24-20-22-49(58(57)67-60(68)53-37-47(63(9,10)11)38-55(59(53)69)65(15,16)17)43-33-44(35-46(34-43)62(6,7)8)56-36-42(31-32-66-56)41-25-27-45(28-26-41)61(3,4)5/h18-40,69H,1-17H3/i3D3,4D3,5D3,25D,26D,27D,28D,40D. The minimum Gasteiger partial charge on any atom is -0.507 e. The molecule has 4 nitrogen and oxygen atoms in total. The zero-order chi connectivity index (χ0) is 62.1. The molecule has 0 saturated carbocycles. The molecule has 69 heavy (non-hydrogen) atoms. The average molecular weight is 928 g/mol. The third-order valence-corrected chi connectivity index (χ3v) is 13.0. The van der Waals surface area contributed by atoms with Crippen LogP contribution in [0.15, 0.2) is 133 Å². The van der Waals surface area contributed by atoms with Crippen molar-refractivity contribution in [2.45, 2.75) is 150 Å². The second-order valence-corrected chi connectivity index (χ2v) is 22.9. The molecular weight excluding hydrogens is 839 g/mol. The number of phenolic OH excluding ortho intramolecular Hbond substituents is 1. The van der Waals surface area contributed by atoms with E-state index in [2.05, 4.69) is 130 Å². The van der Waals surface area contributed by atoms with Gasteiger partial charge in [0.15, 0.2) is 0 Å². The first-order valence-corrected chi connectivity index (χ1v) is 23.7. The van der Waals surface area contributed by atoms with Gasteiger partial charge >= 0.3 is 0 Å². The summed E-state index contributed by atoms with van der Waals surface area (Å²) in [5.74, 6) is -0.474. The lowest BCUT2D eigenvalue weighted by molar-refractivity contribution is 0.446. The van der Waals surface area contributed by atoms with E-state index in [1.165, 1.54) is 12.3 Å². The van der Waals surface area contributed by atoms with Gasteiger partial charge in [0.25, 0.3) is 0 Å². The van der Waals surface area contributed by atoms with Crippen molar-refractivity contribution in [3.8, 4) is 67.5 Å². The molecule has 2 aromatic heterocycles. The van der Waals surface area contributed by atoms with Gasteiger partial charge in [-0.2, -0.15) is 0 Å². The van der Waals surface area contributed by atoms with Crippen molar-refractivity contribution in [3.05, 3.63) is 167 Å². The van der Waals surface area contributed by atoms with Crippen molar-refractivity contribution < 1.29 is 24.3 Å². The fraction of sp³-hybridized carbons (Fsp3) is 0.354. The van der Waals surface area contributed by atoms with E-state index in [1.807, 2.05) is 62.4 Å². The van der Waals surface area contributed by atoms with E-state index < -0.39 is 72.4 Å². The third kappa shape index (κ3) is 9.83. The molecule has 0 fully saturated rings. The summed E-state index contributed by atoms with van der Waals surface area (Å²) in [7, 11) is 0. The molecule has 0 aliphatic rings. The van der Waals surface area contributed by atoms with Gasteiger partial charge in [-0.1, -0.05) is 196 Å². The highest BCUT2D eigenvalue weighted by molar-refractivity contribution is 5.97. The number of aromatic nitrogens is 3. The van der Waals surface area contributed by atoms with Gasteiger partial charge in [-0.25, -0.2) is 4.98 Å². The molecule has 0 saturated heterocycles. The Bertz CT molecular complexity index is 3780. The number of imidazole rings is 1. The van der Waals surface area contributed by atoms with Crippen LogP contribution in [-0.4, -0.2) is 19.6 Å². The Morgan fingerprint density at radius 3 is 1.81 bits per heavy atom. The molecule has 8 aromatic rings. The molecule has 0 unspecified atom stereocenters. The summed E-state index contributed by atoms with van der Waals surface area (Å²) < 4.78 is 123. The van der Waals surface area contributed by atoms with Gasteiger partial charge in [-0.15, -0.1) is 0 Å². The SMILES string of the molecule is [2H]c1c([2H])c(C(C([2H])([2H])[2H])(C([2H])([2H])[2H])C([2H])([2H])[2H])c([2H])c([2H])c1-c1ccnc(-c2cc(-c3cccc4c3nc(-c3cc(C(C)(C)C)cc(C(C)(C)C)c3O)n4-c3ccc(-c4ccccc4C(C)(C)C)c(C([2H])(C)C)c3)cc(C(C)(C)C)c2)c1. The Labute approximate surface area is 433 Å². The predicted molar refractivity (Wildman–Crippen MR) is 295 cm³/mol. The van der Waals surface area contributed by atoms with Gasteiger partial charge in [0.2, 0.25) is 0 Å². The zero-order valence-corrected chi connectivity index (χ0v) is 42.7. The normalized spacial score (nSPS) is 16.6. The van der Waals surface area contributed by atoms with E-state index in [0.717, 1.165) is 61.3 Å². The van der Waals surface area contributed by atoms with Crippen molar-refractivity contribution in [1.82, 2.24) is 14.5 Å². The highest BCUT2D eigenvalue weighted by atomic mass is 16.3. The van der Waals surface area contributed by atoms with Crippen LogP contribution in [-0.2, 0) is 27.1 Å². The van der Waals surface area contributed by atoms with E-state index in [0.29, 0.717) is 28.2 Å². The molecule has 1 N–H and O–H groups in total. The Morgan fingerprint density at radius 1 is 0.536 bits per heavy atom. The van der Waals surface area contributed by atoms with Crippen molar-refractivity contribution in [2.75, 3.05) is 0 Å². The fourth-order valence-corrected chi connectivity index (χ4v) is 9.03. The summed E-state index contributed by atoms with van der Waals surface area (Å²) in [4.78, 5) is 10.3. The van der Waals surface area contributed by atoms with Gasteiger partial charge < -0.3 is 5.11 Å². The average Bonchev–Trinajstić information content (AvgIpc) is 2.50. The smallest absolute Gasteiger partial charge is 0.149 e. The van der Waals surface area contributed by atoms with Gasteiger partial charge in [0.05, 0.1) is 27.8 Å². The van der Waals surface area contributed by atoms with Crippen LogP contribution in [0.1, 0.15) is 176 Å². The van der Waals surface area contributed by atoms with Gasteiger partial charge in [0.1, 0.15) is 11.6 Å². The number of phenols is 1. The number of hydrogen-bond acceptors (Lipinski definition) is 3. The van der Waals surface area contributed by atoms with E-state index >= 15 is 0 Å². The Balaban J connectivity index is 1.42. The largest absolute Gasteiger partial charge is 0.507 e. The van der Waals surface area contributed by atoms with E-state index in [1.54, 1.807) is 6.07 Å². The van der Waals surface area contributed by atoms with E-state index in [-0.39, 0.29) is 27.7 Å². The van der Waals surface area contributed by atoms with Gasteiger partial charge in [-0.3, -0.25) is 9.55 Å². The Kier molecular flexibility index (Phi) is 8.70. The van der Waals surface area contributed by atoms with Crippen LogP contribution in [0, 0.1) is 0 Å². The molecule has 6 aromatic carbocycles. The summed E-state index contributed by atoms with van der Waals surface area (Å²) in [5, 5.41) is 12.6. The molecule has 2 heterocycles. The molecule has 0 aliphatic carbocycles. The first-order chi connectivity index (χ1) is 37.8. The number of nitrogens with zero attached hydrogens (tertiary/aromatic N) is 3. The number of benzene rings is 6. The number of fused-ring (bicyclic) bond motifs is 1. The number of rotatable bonds is 7. The molecule has 0 bridgehead atoms. The van der Waals surface area contributed by atoms with E-state index in [9.17, 15) is 9.22 Å². The first-order valence-electron chi connectivity index (χ1n) is 30.7. The molecule has 0 atom stereocenters. The fourth-order valence-electron chi connectivity index (χ4n) is 9.03. The topological polar surface area (TPSA) is 50.9 Å². The maximum absolute atomic E-state index is 12.6. The second kappa shape index (κ2) is 17.6. The maximum Gasteiger partial charge on any atom is 0.149 e. The minimum atomic E-state index is -3.82. The summed E-state index contributed by atoms with van der Waals surface area (Å²) >= 11 is 0. The van der Waals surface area contributed by atoms with Crippen LogP contribution >= 0.6 is 0 Å². The number of pyridine rings is 1. The van der Waals surface area contributed by atoms with E-state index in [4.69, 9.17) is 25.0 Å². The highest BCUT2D eigenvalue weighted by Crippen LogP contribution is 2.46. The summed E-state index contributed by atoms with van der Waals surface area (Å²) in [6, 6.07) is 29.8. The van der Waals surface area contributed by atoms with Crippen molar-refractivity contribution >= 4 is 11.0 Å². The van der Waals surface area contributed by atoms with Gasteiger partial charge in [-0.05, 0) is 137 Å². The van der Waals surface area contributed by atoms with Crippen molar-refractivity contribution in [1.29, 1.82) is 0 Å². The first kappa shape index (κ1) is 34.1. The minimum absolute atomic E-state index is 0.103. The Hall–Kier alpha value is -6.26. The molecule has 0 radical (unpaired) electrons. The second-order valence-electron chi connectivity index (χ2n) is 22.9.